The maximum absolute atomic E-state index is 11.3. The monoisotopic (exact) mass is 223 g/mol. The van der Waals surface area contributed by atoms with E-state index in [4.69, 9.17) is 5.11 Å². The highest BCUT2D eigenvalue weighted by molar-refractivity contribution is 5.85. The number of carboxylic acids is 1. The summed E-state index contributed by atoms with van der Waals surface area (Å²) in [6, 6.07) is 1.20. The van der Waals surface area contributed by atoms with Crippen LogP contribution >= 0.6 is 0 Å². The van der Waals surface area contributed by atoms with Crippen LogP contribution < -0.4 is 11.2 Å². The van der Waals surface area contributed by atoms with E-state index in [9.17, 15) is 14.4 Å². The zero-order valence-corrected chi connectivity index (χ0v) is 7.67. The summed E-state index contributed by atoms with van der Waals surface area (Å²) in [7, 11) is 0. The van der Waals surface area contributed by atoms with Gasteiger partial charge in [0.1, 0.15) is 0 Å². The summed E-state index contributed by atoms with van der Waals surface area (Å²) in [4.78, 5) is 34.4. The molecule has 9 heteroatoms. The number of rotatable bonds is 2. The van der Waals surface area contributed by atoms with Crippen molar-refractivity contribution in [1.29, 1.82) is 0 Å². The molecule has 0 radical (unpaired) electrons. The second kappa shape index (κ2) is 3.46. The average Bonchev–Trinajstić information content (AvgIpc) is 2.66. The molecule has 0 unspecified atom stereocenters. The van der Waals surface area contributed by atoms with Gasteiger partial charge >= 0.3 is 11.7 Å². The minimum atomic E-state index is -1.22. The Morgan fingerprint density at radius 3 is 2.75 bits per heavy atom. The number of carboxylic acid groups (broad SMARTS) is 1. The molecule has 16 heavy (non-hydrogen) atoms. The van der Waals surface area contributed by atoms with E-state index in [1.54, 1.807) is 0 Å². The third-order valence-electron chi connectivity index (χ3n) is 1.72. The first-order valence-electron chi connectivity index (χ1n) is 4.06. The van der Waals surface area contributed by atoms with Gasteiger partial charge < -0.3 is 5.11 Å². The van der Waals surface area contributed by atoms with Crippen molar-refractivity contribution in [3.63, 3.8) is 0 Å². The molecule has 2 rings (SSSR count). The number of nitrogens with zero attached hydrogens (tertiary/aromatic N) is 3. The zero-order valence-electron chi connectivity index (χ0n) is 7.67. The predicted octanol–water partition coefficient (Wildman–Crippen LogP) is -1.66. The SMILES string of the molecule is O=C(O)c1ccn(-c2n[nH]c(=O)[nH]c2=O)n1. The molecule has 0 aliphatic rings. The van der Waals surface area contributed by atoms with Gasteiger partial charge in [0, 0.05) is 6.20 Å². The van der Waals surface area contributed by atoms with Gasteiger partial charge in [0.05, 0.1) is 0 Å². The fourth-order valence-electron chi connectivity index (χ4n) is 1.05. The van der Waals surface area contributed by atoms with E-state index in [0.29, 0.717) is 0 Å². The van der Waals surface area contributed by atoms with Crippen LogP contribution in [0.2, 0.25) is 0 Å². The number of hydrogen-bond acceptors (Lipinski definition) is 5. The summed E-state index contributed by atoms with van der Waals surface area (Å²) in [6.07, 6.45) is 1.25. The molecule has 0 fully saturated rings. The van der Waals surface area contributed by atoms with Crippen molar-refractivity contribution in [3.8, 4) is 5.82 Å². The Bertz CT molecular complexity index is 651. The molecular formula is C7H5N5O4. The fourth-order valence-corrected chi connectivity index (χ4v) is 1.05. The van der Waals surface area contributed by atoms with E-state index in [0.717, 1.165) is 4.68 Å². The van der Waals surface area contributed by atoms with Gasteiger partial charge in [-0.05, 0) is 6.07 Å². The normalized spacial score (nSPS) is 10.2. The number of nitrogens with one attached hydrogen (secondary N) is 2. The molecule has 3 N–H and O–H groups in total. The van der Waals surface area contributed by atoms with E-state index in [2.05, 4.69) is 10.2 Å². The topological polar surface area (TPSA) is 134 Å². The second-order valence-electron chi connectivity index (χ2n) is 2.78. The molecular weight excluding hydrogens is 218 g/mol. The second-order valence-corrected chi connectivity index (χ2v) is 2.78. The molecule has 0 aromatic carbocycles. The van der Waals surface area contributed by atoms with Crippen molar-refractivity contribution >= 4 is 5.97 Å². The molecule has 0 spiro atoms. The molecule has 0 saturated heterocycles. The number of H-pyrrole nitrogens is 2. The average molecular weight is 223 g/mol. The molecule has 0 atom stereocenters. The van der Waals surface area contributed by atoms with Crippen molar-refractivity contribution in [2.45, 2.75) is 0 Å². The summed E-state index contributed by atoms with van der Waals surface area (Å²) in [5.74, 6) is -1.44. The Balaban J connectivity index is 2.55. The van der Waals surface area contributed by atoms with Gasteiger partial charge in [0.25, 0.3) is 5.56 Å². The molecule has 0 amide bonds. The van der Waals surface area contributed by atoms with Crippen molar-refractivity contribution in [1.82, 2.24) is 25.0 Å². The van der Waals surface area contributed by atoms with Gasteiger partial charge in [0.2, 0.25) is 5.82 Å². The lowest BCUT2D eigenvalue weighted by Crippen LogP contribution is -2.28. The standard InChI is InChI=1S/C7H5N5O4/c13-5-4(9-10-7(16)8-5)12-2-1-3(11-12)6(14)15/h1-2H,(H,14,15)(H2,8,10,13,16). The molecule has 2 heterocycles. The molecule has 9 nitrogen and oxygen atoms in total. The van der Waals surface area contributed by atoms with E-state index in [1.165, 1.54) is 12.3 Å². The lowest BCUT2D eigenvalue weighted by Gasteiger charge is -1.95. The molecule has 0 bridgehead atoms. The molecule has 2 aromatic heterocycles. The Kier molecular flexibility index (Phi) is 2.12. The molecule has 0 aliphatic heterocycles. The summed E-state index contributed by atoms with van der Waals surface area (Å²) >= 11 is 0. The van der Waals surface area contributed by atoms with Crippen LogP contribution in [0.3, 0.4) is 0 Å². The smallest absolute Gasteiger partial charge is 0.356 e. The first-order valence-corrected chi connectivity index (χ1v) is 4.06. The Morgan fingerprint density at radius 1 is 1.44 bits per heavy atom. The van der Waals surface area contributed by atoms with Gasteiger partial charge in [-0.1, -0.05) is 0 Å². The Morgan fingerprint density at radius 2 is 2.19 bits per heavy atom. The van der Waals surface area contributed by atoms with Crippen LogP contribution in [0.1, 0.15) is 10.5 Å². The van der Waals surface area contributed by atoms with E-state index >= 15 is 0 Å². The maximum atomic E-state index is 11.3. The number of carbonyl (C=O) groups is 1. The minimum Gasteiger partial charge on any atom is -0.476 e. The van der Waals surface area contributed by atoms with Crippen LogP contribution in [0.15, 0.2) is 21.9 Å². The molecule has 0 saturated carbocycles. The number of aromatic amines is 2. The van der Waals surface area contributed by atoms with Gasteiger partial charge in [-0.15, -0.1) is 5.10 Å². The van der Waals surface area contributed by atoms with E-state index in [1.807, 2.05) is 10.1 Å². The highest BCUT2D eigenvalue weighted by Gasteiger charge is 2.10. The third-order valence-corrected chi connectivity index (χ3v) is 1.72. The quantitative estimate of drug-likeness (QED) is 0.558. The third kappa shape index (κ3) is 1.61. The predicted molar refractivity (Wildman–Crippen MR) is 49.6 cm³/mol. The van der Waals surface area contributed by atoms with Crippen LogP contribution in [-0.4, -0.2) is 36.0 Å². The van der Waals surface area contributed by atoms with Crippen molar-refractivity contribution in [2.24, 2.45) is 0 Å². The first-order chi connectivity index (χ1) is 7.58. The van der Waals surface area contributed by atoms with E-state index in [-0.39, 0.29) is 11.5 Å². The summed E-state index contributed by atoms with van der Waals surface area (Å²) < 4.78 is 0.957. The van der Waals surface area contributed by atoms with Crippen LogP contribution in [0.4, 0.5) is 0 Å². The summed E-state index contributed by atoms with van der Waals surface area (Å²) in [5, 5.41) is 17.7. The van der Waals surface area contributed by atoms with Crippen LogP contribution in [0, 0.1) is 0 Å². The lowest BCUT2D eigenvalue weighted by atomic mass is 10.5. The van der Waals surface area contributed by atoms with Crippen LogP contribution in [-0.2, 0) is 0 Å². The van der Waals surface area contributed by atoms with Gasteiger partial charge in [-0.3, -0.25) is 9.78 Å². The summed E-state index contributed by atoms with van der Waals surface area (Å²) in [5.41, 5.74) is -1.74. The first kappa shape index (κ1) is 9.83. The highest BCUT2D eigenvalue weighted by atomic mass is 16.4. The van der Waals surface area contributed by atoms with E-state index < -0.39 is 17.2 Å². The molecule has 2 aromatic rings. The highest BCUT2D eigenvalue weighted by Crippen LogP contribution is 1.98. The van der Waals surface area contributed by atoms with Crippen molar-refractivity contribution < 1.29 is 9.90 Å². The molecule has 82 valence electrons. The van der Waals surface area contributed by atoms with Crippen molar-refractivity contribution in [2.75, 3.05) is 0 Å². The largest absolute Gasteiger partial charge is 0.476 e. The number of aromatic nitrogens is 5. The summed E-state index contributed by atoms with van der Waals surface area (Å²) in [6.45, 7) is 0. The number of hydrogen-bond donors (Lipinski definition) is 3. The van der Waals surface area contributed by atoms with Gasteiger partial charge in [0.15, 0.2) is 5.69 Å². The van der Waals surface area contributed by atoms with Crippen LogP contribution in [0.5, 0.6) is 0 Å². The fraction of sp³-hybridized carbons (Fsp3) is 0. The molecule has 0 aliphatic carbocycles. The van der Waals surface area contributed by atoms with Crippen LogP contribution in [0.25, 0.3) is 5.82 Å². The Labute approximate surface area is 86.4 Å². The van der Waals surface area contributed by atoms with Crippen molar-refractivity contribution in [3.05, 3.63) is 38.8 Å². The lowest BCUT2D eigenvalue weighted by molar-refractivity contribution is 0.0690. The maximum Gasteiger partial charge on any atom is 0.356 e. The van der Waals surface area contributed by atoms with Gasteiger partial charge in [-0.2, -0.15) is 5.10 Å². The Hall–Kier alpha value is -2.71. The number of aromatic carboxylic acids is 1. The zero-order chi connectivity index (χ0) is 11.7. The minimum absolute atomic E-state index is 0.216. The van der Waals surface area contributed by atoms with Gasteiger partial charge in [-0.25, -0.2) is 19.4 Å².